The number of hydrogen-bond donors (Lipinski definition) is 1. The lowest BCUT2D eigenvalue weighted by molar-refractivity contribution is -0.128. The molecule has 1 aliphatic carbocycles. The summed E-state index contributed by atoms with van der Waals surface area (Å²) in [6.45, 7) is 2.20. The summed E-state index contributed by atoms with van der Waals surface area (Å²) in [6.07, 6.45) is 8.81. The van der Waals surface area contributed by atoms with Crippen LogP contribution >= 0.6 is 0 Å². The molecule has 1 N–H and O–H groups in total. The molecule has 1 aliphatic heterocycles. The highest BCUT2D eigenvalue weighted by Gasteiger charge is 2.51. The van der Waals surface area contributed by atoms with Crippen LogP contribution in [-0.4, -0.2) is 55.0 Å². The van der Waals surface area contributed by atoms with Crippen LogP contribution in [-0.2, 0) is 9.53 Å². The Hall–Kier alpha value is -1.95. The van der Waals surface area contributed by atoms with E-state index >= 15 is 0 Å². The van der Waals surface area contributed by atoms with Gasteiger partial charge in [0.25, 0.3) is 5.91 Å². The van der Waals surface area contributed by atoms with Gasteiger partial charge in [-0.05, 0) is 25.0 Å². The fourth-order valence-electron chi connectivity index (χ4n) is 4.32. The summed E-state index contributed by atoms with van der Waals surface area (Å²) in [5, 5.41) is 2.98. The van der Waals surface area contributed by atoms with E-state index < -0.39 is 0 Å². The fourth-order valence-corrected chi connectivity index (χ4v) is 4.32. The van der Waals surface area contributed by atoms with E-state index in [1.165, 1.54) is 6.42 Å². The lowest BCUT2D eigenvalue weighted by atomic mass is 9.67. The third kappa shape index (κ3) is 3.84. The number of hydrogen-bond acceptors (Lipinski definition) is 4. The molecule has 0 radical (unpaired) electrons. The van der Waals surface area contributed by atoms with Crippen molar-refractivity contribution >= 4 is 11.8 Å². The Balaban J connectivity index is 1.76. The van der Waals surface area contributed by atoms with Gasteiger partial charge in [0.1, 0.15) is 0 Å². The molecule has 6 heteroatoms. The van der Waals surface area contributed by atoms with E-state index in [1.807, 2.05) is 4.90 Å². The lowest BCUT2D eigenvalue weighted by Crippen LogP contribution is -2.43. The van der Waals surface area contributed by atoms with Gasteiger partial charge < -0.3 is 15.0 Å². The van der Waals surface area contributed by atoms with Crippen LogP contribution in [0.15, 0.2) is 24.5 Å². The van der Waals surface area contributed by atoms with Crippen LogP contribution in [0.3, 0.4) is 0 Å². The van der Waals surface area contributed by atoms with E-state index in [1.54, 1.807) is 31.6 Å². The molecule has 1 saturated heterocycles. The second-order valence-corrected chi connectivity index (χ2v) is 7.18. The molecule has 136 valence electrons. The molecule has 2 amide bonds. The van der Waals surface area contributed by atoms with Gasteiger partial charge in [0, 0.05) is 50.1 Å². The predicted octanol–water partition coefficient (Wildman–Crippen LogP) is 1.87. The molecule has 2 heterocycles. The maximum Gasteiger partial charge on any atom is 0.254 e. The summed E-state index contributed by atoms with van der Waals surface area (Å²) in [5.74, 6) is -0.0704. The fraction of sp³-hybridized carbons (Fsp3) is 0.632. The van der Waals surface area contributed by atoms with Gasteiger partial charge in [0.15, 0.2) is 0 Å². The first-order valence-electron chi connectivity index (χ1n) is 9.12. The first kappa shape index (κ1) is 17.9. The van der Waals surface area contributed by atoms with Crippen molar-refractivity contribution in [2.45, 2.75) is 32.1 Å². The minimum Gasteiger partial charge on any atom is -0.383 e. The maximum absolute atomic E-state index is 12.8. The molecule has 1 spiro atoms. The summed E-state index contributed by atoms with van der Waals surface area (Å²) in [6, 6.07) is 3.48. The van der Waals surface area contributed by atoms with Crippen molar-refractivity contribution in [1.29, 1.82) is 0 Å². The SMILES string of the molecule is COCCNC(=O)C1CN(C(=O)c2ccncc2)CC12CCCCC2. The molecule has 1 saturated carbocycles. The minimum atomic E-state index is -0.129. The number of carbonyl (C=O) groups excluding carboxylic acids is 2. The van der Waals surface area contributed by atoms with Crippen LogP contribution in [0.2, 0.25) is 0 Å². The average Bonchev–Trinajstić information content (AvgIpc) is 3.01. The van der Waals surface area contributed by atoms with Crippen LogP contribution in [0.25, 0.3) is 0 Å². The van der Waals surface area contributed by atoms with Gasteiger partial charge in [-0.2, -0.15) is 0 Å². The molecule has 25 heavy (non-hydrogen) atoms. The summed E-state index contributed by atoms with van der Waals surface area (Å²) in [7, 11) is 1.62. The minimum absolute atomic E-state index is 0.000426. The van der Waals surface area contributed by atoms with Crippen molar-refractivity contribution in [2.75, 3.05) is 33.4 Å². The van der Waals surface area contributed by atoms with Gasteiger partial charge in [-0.25, -0.2) is 0 Å². The van der Waals surface area contributed by atoms with E-state index in [-0.39, 0.29) is 23.1 Å². The van der Waals surface area contributed by atoms with Gasteiger partial charge in [0.05, 0.1) is 12.5 Å². The zero-order valence-corrected chi connectivity index (χ0v) is 14.9. The third-order valence-corrected chi connectivity index (χ3v) is 5.63. The molecule has 1 atom stereocenters. The van der Waals surface area contributed by atoms with Crippen LogP contribution in [0.5, 0.6) is 0 Å². The number of amides is 2. The standard InChI is InChI=1S/C19H27N3O3/c1-25-12-11-21-17(23)16-13-22(14-19(16)7-3-2-4-8-19)18(24)15-5-9-20-10-6-15/h5-6,9-10,16H,2-4,7-8,11-14H2,1H3,(H,21,23). The second kappa shape index (κ2) is 7.95. The van der Waals surface area contributed by atoms with Gasteiger partial charge in [0.2, 0.25) is 5.91 Å². The number of pyridine rings is 1. The first-order valence-corrected chi connectivity index (χ1v) is 9.12. The van der Waals surface area contributed by atoms with Crippen molar-refractivity contribution in [3.8, 4) is 0 Å². The number of methoxy groups -OCH3 is 1. The Morgan fingerprint density at radius 3 is 2.68 bits per heavy atom. The highest BCUT2D eigenvalue weighted by atomic mass is 16.5. The molecular formula is C19H27N3O3. The van der Waals surface area contributed by atoms with Crippen molar-refractivity contribution in [2.24, 2.45) is 11.3 Å². The number of ether oxygens (including phenoxy) is 1. The number of nitrogens with one attached hydrogen (secondary N) is 1. The van der Waals surface area contributed by atoms with Crippen LogP contribution in [0.1, 0.15) is 42.5 Å². The van der Waals surface area contributed by atoms with Crippen LogP contribution in [0.4, 0.5) is 0 Å². The quantitative estimate of drug-likeness (QED) is 0.827. The normalized spacial score (nSPS) is 22.1. The third-order valence-electron chi connectivity index (χ3n) is 5.63. The molecule has 0 aromatic carbocycles. The van der Waals surface area contributed by atoms with Crippen LogP contribution < -0.4 is 5.32 Å². The summed E-state index contributed by atoms with van der Waals surface area (Å²) in [5.41, 5.74) is 0.569. The molecule has 2 fully saturated rings. The van der Waals surface area contributed by atoms with Crippen LogP contribution in [0, 0.1) is 11.3 Å². The van der Waals surface area contributed by atoms with Crippen molar-refractivity contribution in [3.05, 3.63) is 30.1 Å². The molecule has 1 aromatic rings. The number of carbonyl (C=O) groups is 2. The average molecular weight is 345 g/mol. The Morgan fingerprint density at radius 1 is 1.28 bits per heavy atom. The number of rotatable bonds is 5. The van der Waals surface area contributed by atoms with E-state index in [0.717, 1.165) is 25.7 Å². The molecule has 1 aromatic heterocycles. The van der Waals surface area contributed by atoms with Crippen molar-refractivity contribution in [1.82, 2.24) is 15.2 Å². The van der Waals surface area contributed by atoms with Gasteiger partial charge in [-0.3, -0.25) is 14.6 Å². The molecular weight excluding hydrogens is 318 g/mol. The topological polar surface area (TPSA) is 71.5 Å². The van der Waals surface area contributed by atoms with E-state index in [9.17, 15) is 9.59 Å². The molecule has 1 unspecified atom stereocenters. The Bertz CT molecular complexity index is 599. The molecule has 3 rings (SSSR count). The second-order valence-electron chi connectivity index (χ2n) is 7.18. The Morgan fingerprint density at radius 2 is 2.00 bits per heavy atom. The molecule has 6 nitrogen and oxygen atoms in total. The summed E-state index contributed by atoms with van der Waals surface area (Å²) in [4.78, 5) is 31.5. The highest BCUT2D eigenvalue weighted by molar-refractivity contribution is 5.95. The van der Waals surface area contributed by atoms with Crippen molar-refractivity contribution < 1.29 is 14.3 Å². The Kier molecular flexibility index (Phi) is 5.68. The van der Waals surface area contributed by atoms with E-state index in [4.69, 9.17) is 4.74 Å². The number of likely N-dealkylation sites (tertiary alicyclic amines) is 1. The zero-order valence-electron chi connectivity index (χ0n) is 14.9. The van der Waals surface area contributed by atoms with Gasteiger partial charge in [-0.1, -0.05) is 19.3 Å². The predicted molar refractivity (Wildman–Crippen MR) is 94.0 cm³/mol. The molecule has 2 aliphatic rings. The Labute approximate surface area is 148 Å². The van der Waals surface area contributed by atoms with Gasteiger partial charge >= 0.3 is 0 Å². The van der Waals surface area contributed by atoms with Gasteiger partial charge in [-0.15, -0.1) is 0 Å². The maximum atomic E-state index is 12.8. The summed E-state index contributed by atoms with van der Waals surface area (Å²) < 4.78 is 5.02. The van der Waals surface area contributed by atoms with E-state index in [0.29, 0.717) is 31.8 Å². The largest absolute Gasteiger partial charge is 0.383 e. The zero-order chi connectivity index (χ0) is 17.7. The summed E-state index contributed by atoms with van der Waals surface area (Å²) >= 11 is 0. The lowest BCUT2D eigenvalue weighted by Gasteiger charge is -2.37. The number of nitrogens with zero attached hydrogens (tertiary/aromatic N) is 2. The first-order chi connectivity index (χ1) is 12.2. The smallest absolute Gasteiger partial charge is 0.254 e. The number of aromatic nitrogens is 1. The monoisotopic (exact) mass is 345 g/mol. The van der Waals surface area contributed by atoms with Crippen molar-refractivity contribution in [3.63, 3.8) is 0 Å². The van der Waals surface area contributed by atoms with E-state index in [2.05, 4.69) is 10.3 Å². The highest BCUT2D eigenvalue weighted by Crippen LogP contribution is 2.47. The molecule has 0 bridgehead atoms.